The first-order chi connectivity index (χ1) is 22.9. The van der Waals surface area contributed by atoms with Gasteiger partial charge in [-0.2, -0.15) is 0 Å². The lowest BCUT2D eigenvalue weighted by Crippen LogP contribution is -2.51. The smallest absolute Gasteiger partial charge is 0.173 e. The second kappa shape index (κ2) is 16.2. The van der Waals surface area contributed by atoms with Crippen LogP contribution in [0.15, 0.2) is 75.2 Å². The fraction of sp³-hybridized carbons (Fsp3) is 0.500. The number of amidine groups is 1. The Morgan fingerprint density at radius 1 is 1.13 bits per heavy atom. The number of phenols is 1. The summed E-state index contributed by atoms with van der Waals surface area (Å²) in [6.07, 6.45) is 9.70. The van der Waals surface area contributed by atoms with E-state index in [0.29, 0.717) is 24.3 Å². The van der Waals surface area contributed by atoms with Crippen LogP contribution in [0.3, 0.4) is 0 Å². The Balaban J connectivity index is 1.06. The first kappa shape index (κ1) is 33.6. The Kier molecular flexibility index (Phi) is 11.6. The van der Waals surface area contributed by atoms with Gasteiger partial charge in [-0.05, 0) is 86.8 Å². The van der Waals surface area contributed by atoms with Gasteiger partial charge in [0.1, 0.15) is 11.4 Å². The van der Waals surface area contributed by atoms with E-state index >= 15 is 4.39 Å². The van der Waals surface area contributed by atoms with Crippen LogP contribution in [0.2, 0.25) is 0 Å². The number of aliphatic imine (C=N–C) groups is 2. The average molecular weight is 664 g/mol. The van der Waals surface area contributed by atoms with Crippen LogP contribution < -0.4 is 10.6 Å². The van der Waals surface area contributed by atoms with Crippen molar-refractivity contribution in [1.29, 1.82) is 0 Å². The summed E-state index contributed by atoms with van der Waals surface area (Å²) in [7, 11) is 2.14. The zero-order valence-corrected chi connectivity index (χ0v) is 28.1. The largest absolute Gasteiger partial charge is 0.508 e. The molecule has 0 aromatic heterocycles. The lowest BCUT2D eigenvalue weighted by molar-refractivity contribution is 0.226. The van der Waals surface area contributed by atoms with Crippen LogP contribution >= 0.6 is 11.6 Å². The highest BCUT2D eigenvalue weighted by molar-refractivity contribution is 6.36. The van der Waals surface area contributed by atoms with E-state index in [1.165, 1.54) is 44.7 Å². The van der Waals surface area contributed by atoms with Crippen LogP contribution in [0.4, 0.5) is 4.39 Å². The van der Waals surface area contributed by atoms with Crippen LogP contribution in [0, 0.1) is 0 Å². The standard InChI is InChI=1S/C36H47ClFN7O2/c1-43(13-4-5-15-44-16-11-39-12-17-44)14-6-18-47-25-40-22-33(38)35(31-20-29(46)19-26-7-2-3-8-30(26)31)32(37)21-34-36(42-34)45-23-27-9-10-28(24-45)41-27/h2-3,7-8,19-22,25,27-28,39,41,46H,4-6,9-18,23-24H2,1H3/b33-22-,34-21-,35-32+,40-25+. The van der Waals surface area contributed by atoms with Crippen molar-refractivity contribution in [3.63, 3.8) is 0 Å². The number of rotatable bonds is 14. The molecule has 252 valence electrons. The quantitative estimate of drug-likeness (QED) is 0.112. The molecule has 6 rings (SSSR count). The minimum Gasteiger partial charge on any atom is -0.508 e. The average Bonchev–Trinajstić information content (AvgIpc) is 3.76. The van der Waals surface area contributed by atoms with E-state index in [0.717, 1.165) is 87.3 Å². The number of benzene rings is 2. The van der Waals surface area contributed by atoms with Crippen LogP contribution in [0.1, 0.15) is 37.7 Å². The Morgan fingerprint density at radius 3 is 2.70 bits per heavy atom. The summed E-state index contributed by atoms with van der Waals surface area (Å²) >= 11 is 6.88. The number of nitrogens with one attached hydrogen (secondary N) is 2. The number of phenolic OH excluding ortho intramolecular Hbond substituents is 1. The van der Waals surface area contributed by atoms with Gasteiger partial charge in [-0.25, -0.2) is 14.4 Å². The van der Waals surface area contributed by atoms with Gasteiger partial charge in [0, 0.05) is 63.5 Å². The van der Waals surface area contributed by atoms with Crippen molar-refractivity contribution in [3.8, 4) is 5.75 Å². The summed E-state index contributed by atoms with van der Waals surface area (Å²) in [4.78, 5) is 15.8. The highest BCUT2D eigenvalue weighted by Gasteiger charge is 2.37. The summed E-state index contributed by atoms with van der Waals surface area (Å²) in [5.74, 6) is 0.306. The lowest BCUT2D eigenvalue weighted by Gasteiger charge is -2.31. The Hall–Kier alpha value is -3.28. The molecule has 2 atom stereocenters. The van der Waals surface area contributed by atoms with E-state index in [4.69, 9.17) is 16.3 Å². The summed E-state index contributed by atoms with van der Waals surface area (Å²) in [5, 5.41) is 19.3. The van der Waals surface area contributed by atoms with Crippen molar-refractivity contribution < 1.29 is 14.2 Å². The molecule has 0 radical (unpaired) electrons. The van der Waals surface area contributed by atoms with Crippen molar-refractivity contribution in [1.82, 2.24) is 25.3 Å². The van der Waals surface area contributed by atoms with Gasteiger partial charge in [-0.1, -0.05) is 35.9 Å². The Bertz CT molecular complexity index is 1540. The molecular formula is C36H47ClFN7O2. The maximum Gasteiger partial charge on any atom is 0.173 e. The van der Waals surface area contributed by atoms with E-state index < -0.39 is 5.83 Å². The molecule has 2 unspecified atom stereocenters. The van der Waals surface area contributed by atoms with Gasteiger partial charge in [0.25, 0.3) is 0 Å². The molecule has 0 spiro atoms. The summed E-state index contributed by atoms with van der Waals surface area (Å²) in [6.45, 7) is 9.96. The molecule has 4 aliphatic heterocycles. The second-order valence-corrected chi connectivity index (χ2v) is 13.4. The number of allylic oxidation sites excluding steroid dienone is 4. The topological polar surface area (TPSA) is 88.0 Å². The molecule has 4 heterocycles. The summed E-state index contributed by atoms with van der Waals surface area (Å²) in [5.41, 5.74) is 1.37. The number of likely N-dealkylation sites (tertiary alicyclic amines) is 1. The van der Waals surface area contributed by atoms with Crippen LogP contribution in [0.25, 0.3) is 16.3 Å². The number of ether oxygens (including phenoxy) is 1. The number of hydrogen-bond acceptors (Lipinski definition) is 9. The summed E-state index contributed by atoms with van der Waals surface area (Å²) < 4.78 is 21.6. The molecule has 4 aliphatic rings. The van der Waals surface area contributed by atoms with E-state index in [1.807, 2.05) is 24.3 Å². The van der Waals surface area contributed by atoms with Crippen LogP contribution in [0.5, 0.6) is 5.75 Å². The fourth-order valence-electron chi connectivity index (χ4n) is 6.89. The van der Waals surface area contributed by atoms with E-state index in [1.54, 1.807) is 12.1 Å². The molecular weight excluding hydrogens is 617 g/mol. The highest BCUT2D eigenvalue weighted by atomic mass is 35.5. The van der Waals surface area contributed by atoms with Crippen LogP contribution in [-0.2, 0) is 4.74 Å². The minimum absolute atomic E-state index is 0.0251. The number of unbranched alkanes of at least 4 members (excludes halogenated alkanes) is 1. The molecule has 0 saturated carbocycles. The Morgan fingerprint density at radius 2 is 1.89 bits per heavy atom. The number of hydrogen-bond donors (Lipinski definition) is 3. The van der Waals surface area contributed by atoms with Gasteiger partial charge in [0.15, 0.2) is 18.1 Å². The van der Waals surface area contributed by atoms with Crippen molar-refractivity contribution in [2.45, 2.75) is 44.2 Å². The third-order valence-corrected chi connectivity index (χ3v) is 9.68. The van der Waals surface area contributed by atoms with Crippen molar-refractivity contribution >= 4 is 40.2 Å². The fourth-order valence-corrected chi connectivity index (χ4v) is 7.18. The van der Waals surface area contributed by atoms with Gasteiger partial charge in [-0.15, -0.1) is 0 Å². The molecule has 3 N–H and O–H groups in total. The second-order valence-electron chi connectivity index (χ2n) is 13.0. The SMILES string of the molecule is CN(CCCCN1CCNCC1)CCCO/C=N/C=C(F)/C(=C(Cl)\C=C1N=C/1N1CC2CCC(C1)N2)c1cc(O)cc2ccccc12. The van der Waals surface area contributed by atoms with Gasteiger partial charge >= 0.3 is 0 Å². The molecule has 3 saturated heterocycles. The Labute approximate surface area is 282 Å². The molecule has 2 bridgehead atoms. The molecule has 0 aliphatic carbocycles. The first-order valence-corrected chi connectivity index (χ1v) is 17.4. The molecule has 9 nitrogen and oxygen atoms in total. The van der Waals surface area contributed by atoms with Crippen molar-refractivity contribution in [3.05, 3.63) is 70.8 Å². The maximum atomic E-state index is 16.0. The molecule has 2 aromatic carbocycles. The predicted octanol–water partition coefficient (Wildman–Crippen LogP) is 5.09. The number of halogens is 2. The molecule has 2 aromatic rings. The highest BCUT2D eigenvalue weighted by Crippen LogP contribution is 2.39. The van der Waals surface area contributed by atoms with E-state index in [9.17, 15) is 5.11 Å². The number of piperazine rings is 2. The van der Waals surface area contributed by atoms with Crippen molar-refractivity contribution in [2.75, 3.05) is 72.6 Å². The first-order valence-electron chi connectivity index (χ1n) is 17.0. The van der Waals surface area contributed by atoms with Gasteiger partial charge in [-0.3, -0.25) is 0 Å². The zero-order chi connectivity index (χ0) is 32.6. The van der Waals surface area contributed by atoms with E-state index in [-0.39, 0.29) is 16.4 Å². The minimum atomic E-state index is -0.634. The van der Waals surface area contributed by atoms with Crippen molar-refractivity contribution in [2.24, 2.45) is 9.98 Å². The summed E-state index contributed by atoms with van der Waals surface area (Å²) in [6, 6.07) is 11.7. The third-order valence-electron chi connectivity index (χ3n) is 9.38. The molecule has 11 heteroatoms. The maximum absolute atomic E-state index is 16.0. The number of nitrogens with zero attached hydrogens (tertiary/aromatic N) is 5. The zero-order valence-electron chi connectivity index (χ0n) is 27.3. The third kappa shape index (κ3) is 9.21. The van der Waals surface area contributed by atoms with Gasteiger partial charge in [0.2, 0.25) is 0 Å². The van der Waals surface area contributed by atoms with Gasteiger partial charge in [0.05, 0.1) is 17.8 Å². The van der Waals surface area contributed by atoms with E-state index in [2.05, 4.69) is 42.4 Å². The van der Waals surface area contributed by atoms with Gasteiger partial charge < -0.3 is 35.2 Å². The lowest BCUT2D eigenvalue weighted by atomic mass is 9.96. The molecule has 3 fully saturated rings. The molecule has 47 heavy (non-hydrogen) atoms. The number of aromatic hydroxyl groups is 1. The monoisotopic (exact) mass is 663 g/mol. The van der Waals surface area contributed by atoms with Crippen LogP contribution in [-0.4, -0.2) is 117 Å². The number of fused-ring (bicyclic) bond motifs is 3. The molecule has 0 amide bonds. The normalized spacial score (nSPS) is 23.2. The predicted molar refractivity (Wildman–Crippen MR) is 190 cm³/mol.